The average Bonchev–Trinajstić information content (AvgIpc) is 2.79. The van der Waals surface area contributed by atoms with Crippen molar-refractivity contribution in [3.05, 3.63) is 64.2 Å². The van der Waals surface area contributed by atoms with Crippen LogP contribution in [0.3, 0.4) is 0 Å². The number of alkyl halides is 2. The van der Waals surface area contributed by atoms with Gasteiger partial charge in [-0.2, -0.15) is 0 Å². The van der Waals surface area contributed by atoms with Crippen LogP contribution in [-0.4, -0.2) is 26.0 Å². The Kier molecular flexibility index (Phi) is 4.36. The average molecular weight is 374 g/mol. The minimum atomic E-state index is -3.77. The van der Waals surface area contributed by atoms with Gasteiger partial charge in [0.25, 0.3) is 0 Å². The fourth-order valence-electron chi connectivity index (χ4n) is 3.16. The van der Waals surface area contributed by atoms with Crippen LogP contribution in [0.4, 0.5) is 17.6 Å². The SMILES string of the molecule is CS(=O)(=O)c1ccc([C@H](F)c2cc(F)cc(F)c2)c2c1[C@H](O)[C@H](F)C2. The van der Waals surface area contributed by atoms with E-state index in [1.807, 2.05) is 0 Å². The number of aliphatic hydroxyl groups is 1. The summed E-state index contributed by atoms with van der Waals surface area (Å²) in [6.07, 6.45) is -4.96. The molecular formula is C17H14F4O3S. The van der Waals surface area contributed by atoms with Crippen LogP contribution in [0, 0.1) is 11.6 Å². The van der Waals surface area contributed by atoms with Crippen molar-refractivity contribution in [3.8, 4) is 0 Å². The van der Waals surface area contributed by atoms with Gasteiger partial charge in [0.15, 0.2) is 16.0 Å². The maximum absolute atomic E-state index is 14.9. The Bertz CT molecular complexity index is 923. The molecule has 0 fully saturated rings. The molecule has 0 aromatic heterocycles. The predicted octanol–water partition coefficient (Wildman–Crippen LogP) is 3.35. The van der Waals surface area contributed by atoms with E-state index < -0.39 is 39.9 Å². The molecule has 8 heteroatoms. The second kappa shape index (κ2) is 6.10. The molecule has 0 amide bonds. The molecule has 2 aromatic carbocycles. The highest BCUT2D eigenvalue weighted by atomic mass is 32.2. The molecule has 3 rings (SSSR count). The fourth-order valence-corrected chi connectivity index (χ4v) is 4.12. The zero-order valence-electron chi connectivity index (χ0n) is 13.0. The highest BCUT2D eigenvalue weighted by Gasteiger charge is 2.38. The van der Waals surface area contributed by atoms with E-state index in [0.717, 1.165) is 30.5 Å². The Labute approximate surface area is 141 Å². The van der Waals surface area contributed by atoms with E-state index in [-0.39, 0.29) is 33.6 Å². The fraction of sp³-hybridized carbons (Fsp3) is 0.294. The maximum Gasteiger partial charge on any atom is 0.175 e. The van der Waals surface area contributed by atoms with Crippen molar-refractivity contribution in [3.63, 3.8) is 0 Å². The van der Waals surface area contributed by atoms with Crippen LogP contribution < -0.4 is 0 Å². The minimum Gasteiger partial charge on any atom is -0.385 e. The van der Waals surface area contributed by atoms with Crippen molar-refractivity contribution >= 4 is 9.84 Å². The highest BCUT2D eigenvalue weighted by Crippen LogP contribution is 2.43. The molecule has 0 saturated carbocycles. The molecule has 25 heavy (non-hydrogen) atoms. The third-order valence-corrected chi connectivity index (χ3v) is 5.40. The van der Waals surface area contributed by atoms with Crippen LogP contribution in [0.1, 0.15) is 34.5 Å². The Morgan fingerprint density at radius 2 is 1.76 bits per heavy atom. The van der Waals surface area contributed by atoms with Gasteiger partial charge in [0.1, 0.15) is 23.9 Å². The molecule has 0 aliphatic heterocycles. The van der Waals surface area contributed by atoms with Gasteiger partial charge in [-0.3, -0.25) is 0 Å². The molecular weight excluding hydrogens is 360 g/mol. The summed E-state index contributed by atoms with van der Waals surface area (Å²) in [7, 11) is -3.77. The first-order valence-electron chi connectivity index (χ1n) is 7.37. The summed E-state index contributed by atoms with van der Waals surface area (Å²) >= 11 is 0. The number of halogens is 4. The van der Waals surface area contributed by atoms with Gasteiger partial charge in [0.2, 0.25) is 0 Å². The first-order chi connectivity index (χ1) is 11.6. The lowest BCUT2D eigenvalue weighted by Crippen LogP contribution is -2.10. The monoisotopic (exact) mass is 374 g/mol. The molecule has 3 atom stereocenters. The van der Waals surface area contributed by atoms with Crippen LogP contribution in [-0.2, 0) is 16.3 Å². The lowest BCUT2D eigenvalue weighted by atomic mass is 9.95. The Morgan fingerprint density at radius 3 is 2.32 bits per heavy atom. The number of sulfone groups is 1. The Morgan fingerprint density at radius 1 is 1.16 bits per heavy atom. The van der Waals surface area contributed by atoms with E-state index >= 15 is 0 Å². The smallest absolute Gasteiger partial charge is 0.175 e. The molecule has 0 heterocycles. The third kappa shape index (κ3) is 3.16. The summed E-state index contributed by atoms with van der Waals surface area (Å²) in [5.74, 6) is -1.93. The largest absolute Gasteiger partial charge is 0.385 e. The Balaban J connectivity index is 2.19. The third-order valence-electron chi connectivity index (χ3n) is 4.24. The number of hydrogen-bond donors (Lipinski definition) is 1. The maximum atomic E-state index is 14.9. The van der Waals surface area contributed by atoms with E-state index in [9.17, 15) is 31.1 Å². The Hall–Kier alpha value is -1.93. The molecule has 1 aliphatic rings. The molecule has 0 spiro atoms. The topological polar surface area (TPSA) is 54.4 Å². The summed E-state index contributed by atoms with van der Waals surface area (Å²) in [6, 6.07) is 4.43. The normalized spacial score (nSPS) is 21.2. The van der Waals surface area contributed by atoms with Gasteiger partial charge in [-0.25, -0.2) is 26.0 Å². The van der Waals surface area contributed by atoms with E-state index in [1.165, 1.54) is 0 Å². The second-order valence-corrected chi connectivity index (χ2v) is 8.03. The minimum absolute atomic E-state index is 0.0140. The zero-order chi connectivity index (χ0) is 18.5. The van der Waals surface area contributed by atoms with Crippen molar-refractivity contribution < 1.29 is 31.1 Å². The lowest BCUT2D eigenvalue weighted by molar-refractivity contribution is 0.0907. The van der Waals surface area contributed by atoms with Gasteiger partial charge >= 0.3 is 0 Å². The van der Waals surface area contributed by atoms with Crippen molar-refractivity contribution in [2.45, 2.75) is 29.8 Å². The predicted molar refractivity (Wildman–Crippen MR) is 82.4 cm³/mol. The van der Waals surface area contributed by atoms with Gasteiger partial charge in [-0.05, 0) is 34.9 Å². The molecule has 0 bridgehead atoms. The molecule has 2 aromatic rings. The lowest BCUT2D eigenvalue weighted by Gasteiger charge is -2.17. The second-order valence-electron chi connectivity index (χ2n) is 6.05. The molecule has 0 radical (unpaired) electrons. The standard InChI is InChI=1S/C17H14F4O3S/c1-25(23,24)14-3-2-11(12-7-13(20)17(22)15(12)14)16(21)8-4-9(18)6-10(19)5-8/h2-6,13,16-17,22H,7H2,1H3/t13-,16-,17-/m1/s1. The van der Waals surface area contributed by atoms with Crippen LogP contribution in [0.2, 0.25) is 0 Å². The summed E-state index contributed by atoms with van der Waals surface area (Å²) in [5.41, 5.74) is -0.609. The van der Waals surface area contributed by atoms with E-state index in [1.54, 1.807) is 0 Å². The number of hydrogen-bond acceptors (Lipinski definition) is 3. The van der Waals surface area contributed by atoms with Crippen molar-refractivity contribution in [2.75, 3.05) is 6.26 Å². The quantitative estimate of drug-likeness (QED) is 0.839. The van der Waals surface area contributed by atoms with Crippen molar-refractivity contribution in [1.82, 2.24) is 0 Å². The zero-order valence-corrected chi connectivity index (χ0v) is 13.8. The first kappa shape index (κ1) is 17.9. The number of fused-ring (bicyclic) bond motifs is 1. The summed E-state index contributed by atoms with van der Waals surface area (Å²) in [5, 5.41) is 9.98. The van der Waals surface area contributed by atoms with Crippen molar-refractivity contribution in [2.24, 2.45) is 0 Å². The molecule has 1 N–H and O–H groups in total. The number of aliphatic hydroxyl groups excluding tert-OH is 1. The van der Waals surface area contributed by atoms with Gasteiger partial charge in [-0.1, -0.05) is 6.07 Å². The van der Waals surface area contributed by atoms with Gasteiger partial charge in [0, 0.05) is 24.3 Å². The van der Waals surface area contributed by atoms with E-state index in [2.05, 4.69) is 0 Å². The molecule has 1 aliphatic carbocycles. The van der Waals surface area contributed by atoms with Crippen LogP contribution in [0.5, 0.6) is 0 Å². The molecule has 134 valence electrons. The number of rotatable bonds is 3. The van der Waals surface area contributed by atoms with Crippen LogP contribution in [0.15, 0.2) is 35.2 Å². The summed E-state index contributed by atoms with van der Waals surface area (Å²) in [6.45, 7) is 0. The molecule has 0 unspecified atom stereocenters. The molecule has 3 nitrogen and oxygen atoms in total. The van der Waals surface area contributed by atoms with Crippen LogP contribution >= 0.6 is 0 Å². The molecule has 0 saturated heterocycles. The van der Waals surface area contributed by atoms with Gasteiger partial charge in [0.05, 0.1) is 4.90 Å². The van der Waals surface area contributed by atoms with Crippen LogP contribution in [0.25, 0.3) is 0 Å². The van der Waals surface area contributed by atoms with E-state index in [4.69, 9.17) is 0 Å². The van der Waals surface area contributed by atoms with Gasteiger partial charge < -0.3 is 5.11 Å². The number of benzene rings is 2. The highest BCUT2D eigenvalue weighted by molar-refractivity contribution is 7.90. The van der Waals surface area contributed by atoms with Crippen molar-refractivity contribution in [1.29, 1.82) is 0 Å². The summed E-state index contributed by atoms with van der Waals surface area (Å²) < 4.78 is 79.2. The summed E-state index contributed by atoms with van der Waals surface area (Å²) in [4.78, 5) is -0.281. The first-order valence-corrected chi connectivity index (χ1v) is 9.26. The van der Waals surface area contributed by atoms with E-state index in [0.29, 0.717) is 6.07 Å². The van der Waals surface area contributed by atoms with Gasteiger partial charge in [-0.15, -0.1) is 0 Å².